The van der Waals surface area contributed by atoms with E-state index in [1.165, 1.54) is 0 Å². The Morgan fingerprint density at radius 2 is 1.96 bits per heavy atom. The second-order valence-corrected chi connectivity index (χ2v) is 7.03. The summed E-state index contributed by atoms with van der Waals surface area (Å²) in [6.45, 7) is 3.86. The topological polar surface area (TPSA) is 64.6 Å². The Bertz CT molecular complexity index is 926. The molecule has 26 heavy (non-hydrogen) atoms. The molecule has 0 spiro atoms. The lowest BCUT2D eigenvalue weighted by atomic mass is 10.1. The number of halogens is 2. The van der Waals surface area contributed by atoms with Crippen LogP contribution in [0, 0.1) is 13.8 Å². The van der Waals surface area contributed by atoms with Crippen molar-refractivity contribution in [2.75, 3.05) is 5.32 Å². The zero-order chi connectivity index (χ0) is 18.8. The summed E-state index contributed by atoms with van der Waals surface area (Å²) >= 11 is 9.36. The molecule has 2 aromatic carbocycles. The number of aryl methyl sites for hydroxylation is 2. The standard InChI is InChI=1S/C19H15BrClNO4/c1-10-7-8-11(2)14(9-10)22-16-15(21)18(24)26-19(16)25-17(23)12-5-3-4-6-13(12)20/h3-9,19,22H,1-2H3/t19-/m1/s1. The summed E-state index contributed by atoms with van der Waals surface area (Å²) in [5.41, 5.74) is 3.24. The summed E-state index contributed by atoms with van der Waals surface area (Å²) in [4.78, 5) is 24.3. The number of cyclic esters (lactones) is 1. The molecule has 0 bridgehead atoms. The van der Waals surface area contributed by atoms with Crippen molar-refractivity contribution in [1.82, 2.24) is 0 Å². The number of carbonyl (C=O) groups is 2. The molecule has 0 unspecified atom stereocenters. The summed E-state index contributed by atoms with van der Waals surface area (Å²) in [5, 5.41) is 2.92. The van der Waals surface area contributed by atoms with Gasteiger partial charge in [0.25, 0.3) is 6.29 Å². The Labute approximate surface area is 164 Å². The number of carbonyl (C=O) groups excluding carboxylic acids is 2. The number of nitrogens with one attached hydrogen (secondary N) is 1. The van der Waals surface area contributed by atoms with Crippen LogP contribution in [-0.2, 0) is 14.3 Å². The predicted octanol–water partition coefficient (Wildman–Crippen LogP) is 4.67. The van der Waals surface area contributed by atoms with Gasteiger partial charge >= 0.3 is 11.9 Å². The zero-order valence-corrected chi connectivity index (χ0v) is 16.3. The van der Waals surface area contributed by atoms with Gasteiger partial charge in [-0.15, -0.1) is 0 Å². The molecule has 1 aliphatic heterocycles. The lowest BCUT2D eigenvalue weighted by molar-refractivity contribution is -0.152. The average Bonchev–Trinajstić information content (AvgIpc) is 2.86. The first-order valence-corrected chi connectivity index (χ1v) is 8.94. The van der Waals surface area contributed by atoms with E-state index in [4.69, 9.17) is 21.1 Å². The van der Waals surface area contributed by atoms with Crippen molar-refractivity contribution in [3.05, 3.63) is 74.4 Å². The highest BCUT2D eigenvalue weighted by Crippen LogP contribution is 2.30. The summed E-state index contributed by atoms with van der Waals surface area (Å²) in [6.07, 6.45) is -1.24. The molecule has 1 heterocycles. The molecule has 0 amide bonds. The van der Waals surface area contributed by atoms with Gasteiger partial charge in [0.15, 0.2) is 5.03 Å². The number of hydrogen-bond acceptors (Lipinski definition) is 5. The van der Waals surface area contributed by atoms with E-state index in [-0.39, 0.29) is 10.7 Å². The highest BCUT2D eigenvalue weighted by atomic mass is 79.9. The third kappa shape index (κ3) is 3.76. The van der Waals surface area contributed by atoms with Crippen LogP contribution in [0.3, 0.4) is 0 Å². The lowest BCUT2D eigenvalue weighted by Gasteiger charge is -2.18. The first-order valence-electron chi connectivity index (χ1n) is 7.77. The van der Waals surface area contributed by atoms with E-state index in [9.17, 15) is 9.59 Å². The van der Waals surface area contributed by atoms with Crippen LogP contribution in [0.1, 0.15) is 21.5 Å². The number of ether oxygens (including phenoxy) is 2. The Balaban J connectivity index is 1.85. The van der Waals surface area contributed by atoms with Crippen LogP contribution >= 0.6 is 27.5 Å². The van der Waals surface area contributed by atoms with Crippen molar-refractivity contribution in [3.8, 4) is 0 Å². The van der Waals surface area contributed by atoms with Gasteiger partial charge in [0, 0.05) is 10.2 Å². The van der Waals surface area contributed by atoms with Crippen LogP contribution in [0.15, 0.2) is 57.7 Å². The van der Waals surface area contributed by atoms with Crippen molar-refractivity contribution in [3.63, 3.8) is 0 Å². The van der Waals surface area contributed by atoms with Crippen LogP contribution < -0.4 is 5.32 Å². The molecule has 5 nitrogen and oxygen atoms in total. The summed E-state index contributed by atoms with van der Waals surface area (Å²) in [5.74, 6) is -1.38. The molecule has 0 radical (unpaired) electrons. The van der Waals surface area contributed by atoms with Crippen molar-refractivity contribution in [2.45, 2.75) is 20.1 Å². The monoisotopic (exact) mass is 435 g/mol. The molecule has 0 aliphatic carbocycles. The first kappa shape index (κ1) is 18.5. The minimum absolute atomic E-state index is 0.143. The van der Waals surface area contributed by atoms with E-state index in [1.54, 1.807) is 24.3 Å². The molecule has 1 atom stereocenters. The number of benzene rings is 2. The molecular weight excluding hydrogens is 422 g/mol. The second kappa shape index (κ2) is 7.51. The fourth-order valence-corrected chi connectivity index (χ4v) is 3.05. The SMILES string of the molecule is Cc1ccc(C)c(NC2=C(Cl)C(=O)O[C@H]2OC(=O)c2ccccc2Br)c1. The van der Waals surface area contributed by atoms with E-state index in [2.05, 4.69) is 21.2 Å². The predicted molar refractivity (Wildman–Crippen MR) is 102 cm³/mol. The maximum absolute atomic E-state index is 12.4. The largest absolute Gasteiger partial charge is 0.415 e. The quantitative estimate of drug-likeness (QED) is 0.706. The molecule has 7 heteroatoms. The third-order valence-corrected chi connectivity index (χ3v) is 4.89. The summed E-state index contributed by atoms with van der Waals surface area (Å²) < 4.78 is 11.0. The molecule has 2 aromatic rings. The molecule has 0 aromatic heterocycles. The summed E-state index contributed by atoms with van der Waals surface area (Å²) in [7, 11) is 0. The molecule has 1 N–H and O–H groups in total. The molecule has 134 valence electrons. The van der Waals surface area contributed by atoms with E-state index < -0.39 is 18.2 Å². The van der Waals surface area contributed by atoms with Gasteiger partial charge in [0.05, 0.1) is 5.56 Å². The Hall–Kier alpha value is -2.31. The van der Waals surface area contributed by atoms with Crippen LogP contribution in [0.2, 0.25) is 0 Å². The summed E-state index contributed by atoms with van der Waals surface area (Å²) in [6, 6.07) is 12.6. The van der Waals surface area contributed by atoms with Gasteiger partial charge in [-0.2, -0.15) is 0 Å². The maximum Gasteiger partial charge on any atom is 0.355 e. The van der Waals surface area contributed by atoms with Gasteiger partial charge < -0.3 is 14.8 Å². The Morgan fingerprint density at radius 3 is 2.69 bits per heavy atom. The Kier molecular flexibility index (Phi) is 5.34. The molecule has 1 aliphatic rings. The molecule has 0 fully saturated rings. The molecule has 0 saturated heterocycles. The van der Waals surface area contributed by atoms with E-state index in [0.717, 1.165) is 16.8 Å². The normalized spacial score (nSPS) is 16.5. The highest BCUT2D eigenvalue weighted by Gasteiger charge is 2.37. The maximum atomic E-state index is 12.4. The van der Waals surface area contributed by atoms with Gasteiger partial charge in [0.2, 0.25) is 0 Å². The highest BCUT2D eigenvalue weighted by molar-refractivity contribution is 9.10. The van der Waals surface area contributed by atoms with E-state index >= 15 is 0 Å². The minimum atomic E-state index is -1.24. The van der Waals surface area contributed by atoms with Crippen molar-refractivity contribution in [2.24, 2.45) is 0 Å². The number of anilines is 1. The van der Waals surface area contributed by atoms with Gasteiger partial charge in [-0.3, -0.25) is 0 Å². The average molecular weight is 437 g/mol. The van der Waals surface area contributed by atoms with Crippen molar-refractivity contribution >= 4 is 45.2 Å². The molecular formula is C19H15BrClNO4. The van der Waals surface area contributed by atoms with Gasteiger partial charge in [-0.05, 0) is 59.1 Å². The molecule has 0 saturated carbocycles. The van der Waals surface area contributed by atoms with E-state index in [1.807, 2.05) is 32.0 Å². The smallest absolute Gasteiger partial charge is 0.355 e. The number of esters is 2. The van der Waals surface area contributed by atoms with Gasteiger partial charge in [-0.1, -0.05) is 35.9 Å². The Morgan fingerprint density at radius 1 is 1.23 bits per heavy atom. The van der Waals surface area contributed by atoms with Crippen LogP contribution in [0.5, 0.6) is 0 Å². The van der Waals surface area contributed by atoms with Crippen LogP contribution in [0.25, 0.3) is 0 Å². The zero-order valence-electron chi connectivity index (χ0n) is 14.0. The number of hydrogen-bond donors (Lipinski definition) is 1. The van der Waals surface area contributed by atoms with E-state index in [0.29, 0.717) is 10.0 Å². The third-order valence-electron chi connectivity index (χ3n) is 3.84. The van der Waals surface area contributed by atoms with Crippen molar-refractivity contribution < 1.29 is 19.1 Å². The lowest BCUT2D eigenvalue weighted by Crippen LogP contribution is -2.24. The fraction of sp³-hybridized carbons (Fsp3) is 0.158. The van der Waals surface area contributed by atoms with Crippen LogP contribution in [-0.4, -0.2) is 18.2 Å². The van der Waals surface area contributed by atoms with Crippen molar-refractivity contribution in [1.29, 1.82) is 0 Å². The second-order valence-electron chi connectivity index (χ2n) is 5.79. The van der Waals surface area contributed by atoms with Crippen LogP contribution in [0.4, 0.5) is 5.69 Å². The first-order chi connectivity index (χ1) is 12.4. The van der Waals surface area contributed by atoms with Gasteiger partial charge in [-0.25, -0.2) is 9.59 Å². The fourth-order valence-electron chi connectivity index (χ4n) is 2.42. The number of rotatable bonds is 4. The molecule has 3 rings (SSSR count). The van der Waals surface area contributed by atoms with Gasteiger partial charge in [0.1, 0.15) is 5.70 Å². The minimum Gasteiger partial charge on any atom is -0.415 e.